The molecule has 3 heterocycles. The molecule has 0 saturated heterocycles. The van der Waals surface area contributed by atoms with E-state index in [1.54, 1.807) is 17.7 Å². The minimum Gasteiger partial charge on any atom is -0.422 e. The number of amides is 1. The lowest BCUT2D eigenvalue weighted by Gasteiger charge is -2.14. The summed E-state index contributed by atoms with van der Waals surface area (Å²) >= 11 is 0. The van der Waals surface area contributed by atoms with Crippen LogP contribution in [0.3, 0.4) is 0 Å². The molecule has 0 saturated carbocycles. The van der Waals surface area contributed by atoms with Crippen molar-refractivity contribution in [1.29, 1.82) is 0 Å². The Morgan fingerprint density at radius 3 is 2.42 bits per heavy atom. The second kappa shape index (κ2) is 17.7. The predicted octanol–water partition coefficient (Wildman–Crippen LogP) is 5.87. The summed E-state index contributed by atoms with van der Waals surface area (Å²) in [5.41, 5.74) is 2.95. The summed E-state index contributed by atoms with van der Waals surface area (Å²) in [6, 6.07) is 11.3. The Kier molecular flexibility index (Phi) is 14.4. The molecule has 45 heavy (non-hydrogen) atoms. The van der Waals surface area contributed by atoms with Gasteiger partial charge in [-0.05, 0) is 44.9 Å². The van der Waals surface area contributed by atoms with Gasteiger partial charge in [0.25, 0.3) is 5.56 Å². The van der Waals surface area contributed by atoms with Gasteiger partial charge in [-0.15, -0.1) is 0 Å². The van der Waals surface area contributed by atoms with Crippen molar-refractivity contribution < 1.29 is 28.6 Å². The zero-order chi connectivity index (χ0) is 33.6. The van der Waals surface area contributed by atoms with E-state index in [1.165, 1.54) is 19.3 Å². The van der Waals surface area contributed by atoms with Crippen LogP contribution >= 0.6 is 0 Å². The molecule has 10 heteroatoms. The fourth-order valence-electron chi connectivity index (χ4n) is 3.93. The summed E-state index contributed by atoms with van der Waals surface area (Å²) in [5, 5.41) is 0.980. The highest BCUT2D eigenvalue weighted by molar-refractivity contribution is 5.98. The zero-order valence-corrected chi connectivity index (χ0v) is 27.2. The standard InChI is InChI=1S/C24H19N3O5.C6H12O.C5H12O/c1-3-15(8-9-25-14-28)24(30)32-21-11-20-22-17(10-16-6-4-5-7-19(16)26-22)12-27(20)23(29)18(21)13-31-2;1-3-6(2)4-5-7;1-5(2,3)6-4/h3-11,14H,1,12-13H2,2H3;5-6H,3-4H2,1-2H3;1-4H3/b15-8+,25-9?;;. The lowest BCUT2D eigenvalue weighted by molar-refractivity contribution is -0.129. The Hall–Kier alpha value is -4.54. The molecular weight excluding hydrogens is 574 g/mol. The summed E-state index contributed by atoms with van der Waals surface area (Å²) in [7, 11) is 3.16. The number of pyridine rings is 2. The topological polar surface area (TPSA) is 126 Å². The van der Waals surface area contributed by atoms with E-state index in [0.29, 0.717) is 30.3 Å². The third-order valence-electron chi connectivity index (χ3n) is 6.89. The molecule has 2 aromatic heterocycles. The Morgan fingerprint density at radius 2 is 1.87 bits per heavy atom. The number of hydrogen-bond donors (Lipinski definition) is 0. The second-order valence-corrected chi connectivity index (χ2v) is 11.2. The molecule has 0 fully saturated rings. The van der Waals surface area contributed by atoms with Gasteiger partial charge in [0, 0.05) is 43.9 Å². The van der Waals surface area contributed by atoms with Gasteiger partial charge in [-0.2, -0.15) is 0 Å². The molecule has 10 nitrogen and oxygen atoms in total. The predicted molar refractivity (Wildman–Crippen MR) is 177 cm³/mol. The molecule has 0 bridgehead atoms. The summed E-state index contributed by atoms with van der Waals surface area (Å²) in [6.45, 7) is 14.1. The van der Waals surface area contributed by atoms with Crippen molar-refractivity contribution in [3.63, 3.8) is 0 Å². The number of esters is 1. The first-order valence-electron chi connectivity index (χ1n) is 14.6. The van der Waals surface area contributed by atoms with E-state index in [0.717, 1.165) is 41.8 Å². The molecule has 1 aliphatic heterocycles. The van der Waals surface area contributed by atoms with Gasteiger partial charge in [-0.1, -0.05) is 51.1 Å². The van der Waals surface area contributed by atoms with Gasteiger partial charge >= 0.3 is 5.97 Å². The summed E-state index contributed by atoms with van der Waals surface area (Å²) < 4.78 is 17.3. The van der Waals surface area contributed by atoms with Crippen LogP contribution in [-0.4, -0.2) is 54.3 Å². The van der Waals surface area contributed by atoms with Crippen LogP contribution < -0.4 is 10.3 Å². The van der Waals surface area contributed by atoms with E-state index >= 15 is 0 Å². The number of aromatic nitrogens is 2. The minimum atomic E-state index is -0.747. The van der Waals surface area contributed by atoms with E-state index in [9.17, 15) is 19.2 Å². The third-order valence-corrected chi connectivity index (χ3v) is 6.89. The van der Waals surface area contributed by atoms with E-state index in [4.69, 9.17) is 19.2 Å². The molecule has 0 radical (unpaired) electrons. The molecule has 3 aromatic rings. The first-order chi connectivity index (χ1) is 21.4. The number of carbonyl (C=O) groups is 3. The van der Waals surface area contributed by atoms with E-state index < -0.39 is 5.97 Å². The fraction of sp³-hybridized carbons (Fsp3) is 0.371. The van der Waals surface area contributed by atoms with Crippen LogP contribution in [0, 0.1) is 5.92 Å². The highest BCUT2D eigenvalue weighted by Crippen LogP contribution is 2.34. The quantitative estimate of drug-likeness (QED) is 0.0711. The van der Waals surface area contributed by atoms with Crippen molar-refractivity contribution in [3.8, 4) is 17.1 Å². The number of methoxy groups -OCH3 is 2. The van der Waals surface area contributed by atoms with Crippen molar-refractivity contribution >= 4 is 35.8 Å². The summed E-state index contributed by atoms with van der Waals surface area (Å²) in [6.07, 6.45) is 6.88. The lowest BCUT2D eigenvalue weighted by Crippen LogP contribution is -2.25. The molecule has 1 atom stereocenters. The van der Waals surface area contributed by atoms with Crippen LogP contribution in [0.5, 0.6) is 5.75 Å². The maximum Gasteiger partial charge on any atom is 0.343 e. The van der Waals surface area contributed by atoms with Crippen molar-refractivity contribution in [3.05, 3.63) is 82.2 Å². The van der Waals surface area contributed by atoms with Crippen LogP contribution in [-0.2, 0) is 37.0 Å². The Bertz CT molecular complexity index is 1610. The first kappa shape index (κ1) is 36.7. The molecule has 0 N–H and O–H groups in total. The number of nitrogens with zero attached hydrogens (tertiary/aromatic N) is 3. The number of rotatable bonds is 10. The number of carbonyl (C=O) groups excluding carboxylic acids is 3. The number of para-hydroxylation sites is 1. The molecular formula is C35H43N3O7. The van der Waals surface area contributed by atoms with Crippen LogP contribution in [0.1, 0.15) is 58.6 Å². The van der Waals surface area contributed by atoms with E-state index in [2.05, 4.69) is 25.4 Å². The third kappa shape index (κ3) is 10.5. The van der Waals surface area contributed by atoms with Crippen molar-refractivity contribution in [1.82, 2.24) is 9.55 Å². The van der Waals surface area contributed by atoms with Crippen LogP contribution in [0.15, 0.2) is 70.5 Å². The molecule has 1 unspecified atom stereocenters. The highest BCUT2D eigenvalue weighted by atomic mass is 16.5. The van der Waals surface area contributed by atoms with Gasteiger partial charge in [0.05, 0.1) is 46.8 Å². The Morgan fingerprint density at radius 1 is 1.18 bits per heavy atom. The number of hydrogen-bond acceptors (Lipinski definition) is 8. The molecule has 4 rings (SSSR count). The molecule has 0 spiro atoms. The number of allylic oxidation sites excluding steroid dienone is 1. The van der Waals surface area contributed by atoms with Crippen molar-refractivity contribution in [2.24, 2.45) is 10.9 Å². The van der Waals surface area contributed by atoms with Crippen LogP contribution in [0.2, 0.25) is 0 Å². The molecule has 0 aliphatic carbocycles. The number of fused-ring (bicyclic) bond motifs is 4. The molecule has 1 aromatic carbocycles. The van der Waals surface area contributed by atoms with Gasteiger partial charge < -0.3 is 23.6 Å². The van der Waals surface area contributed by atoms with Gasteiger partial charge in [-0.25, -0.2) is 14.8 Å². The van der Waals surface area contributed by atoms with Gasteiger partial charge in [-0.3, -0.25) is 9.59 Å². The highest BCUT2D eigenvalue weighted by Gasteiger charge is 2.27. The van der Waals surface area contributed by atoms with E-state index in [1.807, 2.05) is 51.1 Å². The number of aliphatic imine (C=N–C) groups is 1. The van der Waals surface area contributed by atoms with Crippen LogP contribution in [0.4, 0.5) is 0 Å². The summed E-state index contributed by atoms with van der Waals surface area (Å²) in [4.78, 5) is 54.1. The van der Waals surface area contributed by atoms with Crippen molar-refractivity contribution in [2.75, 3.05) is 14.2 Å². The van der Waals surface area contributed by atoms with Gasteiger partial charge in [0.15, 0.2) is 0 Å². The maximum absolute atomic E-state index is 13.2. The maximum atomic E-state index is 13.2. The number of benzene rings is 1. The average molecular weight is 618 g/mol. The number of ether oxygens (including phenoxy) is 3. The van der Waals surface area contributed by atoms with Gasteiger partial charge in [0.2, 0.25) is 6.41 Å². The van der Waals surface area contributed by atoms with Gasteiger partial charge in [0.1, 0.15) is 12.0 Å². The number of aldehydes is 1. The molecule has 1 amide bonds. The monoisotopic (exact) mass is 617 g/mol. The van der Waals surface area contributed by atoms with E-state index in [-0.39, 0.29) is 34.7 Å². The average Bonchev–Trinajstić information content (AvgIpc) is 3.37. The zero-order valence-electron chi connectivity index (χ0n) is 27.2. The lowest BCUT2D eigenvalue weighted by atomic mass is 10.1. The van der Waals surface area contributed by atoms with Crippen molar-refractivity contribution in [2.45, 2.75) is 66.2 Å². The fourth-order valence-corrected chi connectivity index (χ4v) is 3.93. The minimum absolute atomic E-state index is 0.0345. The smallest absolute Gasteiger partial charge is 0.343 e. The SMILES string of the molecule is C=C/C(=C\C=NC=O)C(=O)Oc1cc2n(c(=O)c1COC)Cc1cc3ccccc3nc1-2.CCC(C)CC=O.COC(C)(C)C. The Balaban J connectivity index is 0.000000457. The first-order valence-corrected chi connectivity index (χ1v) is 14.6. The molecule has 1 aliphatic rings. The summed E-state index contributed by atoms with van der Waals surface area (Å²) in [5.74, 6) is -0.0859. The largest absolute Gasteiger partial charge is 0.422 e. The van der Waals surface area contributed by atoms with Crippen LogP contribution in [0.25, 0.3) is 22.3 Å². The second-order valence-electron chi connectivity index (χ2n) is 11.2. The Labute approximate surface area is 264 Å². The normalized spacial score (nSPS) is 12.6. The molecule has 240 valence electrons.